The maximum Gasteiger partial charge on any atom is 0.277 e. The van der Waals surface area contributed by atoms with E-state index < -0.39 is 0 Å². The van der Waals surface area contributed by atoms with E-state index in [0.29, 0.717) is 11.3 Å². The number of ether oxygens (including phenoxy) is 1. The SMILES string of the molecule is COc1cccc(C(=O)Nc2nc3nc4c(c(=O)n3[nH]2)CCC4)c1. The number of nitrogens with zero attached hydrogens (tertiary/aromatic N) is 3. The van der Waals surface area contributed by atoms with Gasteiger partial charge >= 0.3 is 0 Å². The molecule has 0 spiro atoms. The molecule has 0 aliphatic heterocycles. The normalized spacial score (nSPS) is 13.0. The topological polar surface area (TPSA) is 101 Å². The second kappa shape index (κ2) is 5.48. The van der Waals surface area contributed by atoms with Gasteiger partial charge in [0.2, 0.25) is 5.95 Å². The summed E-state index contributed by atoms with van der Waals surface area (Å²) >= 11 is 0. The summed E-state index contributed by atoms with van der Waals surface area (Å²) < 4.78 is 6.37. The van der Waals surface area contributed by atoms with Crippen molar-refractivity contribution in [3.8, 4) is 5.75 Å². The Morgan fingerprint density at radius 2 is 2.21 bits per heavy atom. The molecule has 1 aliphatic rings. The molecule has 3 aromatic rings. The number of aryl methyl sites for hydroxylation is 1. The molecule has 2 aromatic heterocycles. The van der Waals surface area contributed by atoms with Gasteiger partial charge in [-0.2, -0.15) is 9.50 Å². The van der Waals surface area contributed by atoms with Crippen LogP contribution in [0.3, 0.4) is 0 Å². The number of rotatable bonds is 3. The molecule has 8 heteroatoms. The second-order valence-corrected chi connectivity index (χ2v) is 5.59. The fourth-order valence-electron chi connectivity index (χ4n) is 2.88. The van der Waals surface area contributed by atoms with Gasteiger partial charge < -0.3 is 4.74 Å². The Balaban J connectivity index is 1.66. The Bertz CT molecular complexity index is 1000. The highest BCUT2D eigenvalue weighted by atomic mass is 16.5. The fraction of sp³-hybridized carbons (Fsp3) is 0.250. The average molecular weight is 325 g/mol. The second-order valence-electron chi connectivity index (χ2n) is 5.59. The Hall–Kier alpha value is -3.16. The van der Waals surface area contributed by atoms with E-state index in [0.717, 1.165) is 30.5 Å². The summed E-state index contributed by atoms with van der Waals surface area (Å²) in [5.41, 5.74) is 1.80. The molecule has 122 valence electrons. The van der Waals surface area contributed by atoms with Crippen molar-refractivity contribution in [3.05, 3.63) is 51.4 Å². The van der Waals surface area contributed by atoms with Gasteiger partial charge in [0.1, 0.15) is 5.75 Å². The van der Waals surface area contributed by atoms with E-state index in [9.17, 15) is 9.59 Å². The molecule has 0 atom stereocenters. The van der Waals surface area contributed by atoms with E-state index in [-0.39, 0.29) is 23.2 Å². The molecule has 0 radical (unpaired) electrons. The highest BCUT2D eigenvalue weighted by Gasteiger charge is 2.20. The standard InChI is InChI=1S/C16H15N5O3/c1-24-10-5-2-4-9(8-10)13(22)18-15-19-16-17-12-7-3-6-11(12)14(23)21(16)20-15/h2,4-5,8H,3,6-7H2,1H3,(H2,17,18,19,20,22). The quantitative estimate of drug-likeness (QED) is 0.752. The smallest absolute Gasteiger partial charge is 0.277 e. The Morgan fingerprint density at radius 1 is 1.33 bits per heavy atom. The third-order valence-corrected chi connectivity index (χ3v) is 4.08. The molecule has 2 N–H and O–H groups in total. The summed E-state index contributed by atoms with van der Waals surface area (Å²) in [5.74, 6) is 0.674. The van der Waals surface area contributed by atoms with Crippen LogP contribution in [-0.4, -0.2) is 32.6 Å². The molecule has 1 amide bonds. The van der Waals surface area contributed by atoms with E-state index in [1.54, 1.807) is 24.3 Å². The molecule has 1 aromatic carbocycles. The summed E-state index contributed by atoms with van der Waals surface area (Å²) in [6, 6.07) is 6.77. The number of nitrogens with one attached hydrogen (secondary N) is 2. The third kappa shape index (κ3) is 2.32. The van der Waals surface area contributed by atoms with Crippen LogP contribution in [-0.2, 0) is 12.8 Å². The summed E-state index contributed by atoms with van der Waals surface area (Å²) in [5, 5.41) is 5.43. The van der Waals surface area contributed by atoms with Crippen LogP contribution in [0.2, 0.25) is 0 Å². The lowest BCUT2D eigenvalue weighted by atomic mass is 10.2. The number of fused-ring (bicyclic) bond motifs is 2. The van der Waals surface area contributed by atoms with Crippen molar-refractivity contribution in [3.63, 3.8) is 0 Å². The summed E-state index contributed by atoms with van der Waals surface area (Å²) in [7, 11) is 1.54. The van der Waals surface area contributed by atoms with E-state index in [4.69, 9.17) is 4.74 Å². The molecular formula is C16H15N5O3. The van der Waals surface area contributed by atoms with Gasteiger partial charge in [-0.05, 0) is 37.5 Å². The van der Waals surface area contributed by atoms with Gasteiger partial charge in [0.05, 0.1) is 12.8 Å². The number of methoxy groups -OCH3 is 1. The summed E-state index contributed by atoms with van der Waals surface area (Å²) in [4.78, 5) is 33.3. The zero-order valence-corrected chi connectivity index (χ0v) is 13.0. The number of aromatic nitrogens is 4. The lowest BCUT2D eigenvalue weighted by Crippen LogP contribution is -2.20. The monoisotopic (exact) mass is 325 g/mol. The number of hydrogen-bond acceptors (Lipinski definition) is 5. The lowest BCUT2D eigenvalue weighted by Gasteiger charge is -2.03. The fourth-order valence-corrected chi connectivity index (χ4v) is 2.88. The minimum atomic E-state index is -0.353. The number of anilines is 1. The summed E-state index contributed by atoms with van der Waals surface area (Å²) in [6.07, 6.45) is 2.46. The van der Waals surface area contributed by atoms with Gasteiger partial charge in [-0.1, -0.05) is 6.07 Å². The third-order valence-electron chi connectivity index (χ3n) is 4.08. The van der Waals surface area contributed by atoms with Gasteiger partial charge in [-0.25, -0.2) is 4.98 Å². The van der Waals surface area contributed by atoms with E-state index >= 15 is 0 Å². The molecule has 0 unspecified atom stereocenters. The number of amides is 1. The minimum Gasteiger partial charge on any atom is -0.497 e. The van der Waals surface area contributed by atoms with Crippen molar-refractivity contribution in [2.75, 3.05) is 12.4 Å². The number of H-pyrrole nitrogens is 1. The number of carbonyl (C=O) groups excluding carboxylic acids is 1. The van der Waals surface area contributed by atoms with Crippen molar-refractivity contribution in [1.82, 2.24) is 19.6 Å². The van der Waals surface area contributed by atoms with Gasteiger partial charge in [-0.15, -0.1) is 0 Å². The largest absolute Gasteiger partial charge is 0.497 e. The zero-order chi connectivity index (χ0) is 16.7. The van der Waals surface area contributed by atoms with Gasteiger partial charge in [0.15, 0.2) is 0 Å². The first-order chi connectivity index (χ1) is 11.7. The first-order valence-electron chi connectivity index (χ1n) is 7.61. The van der Waals surface area contributed by atoms with E-state index in [1.807, 2.05) is 0 Å². The molecule has 0 saturated carbocycles. The number of aromatic amines is 1. The van der Waals surface area contributed by atoms with Crippen molar-refractivity contribution in [2.24, 2.45) is 0 Å². The molecular weight excluding hydrogens is 310 g/mol. The van der Waals surface area contributed by atoms with Crippen LogP contribution in [0.15, 0.2) is 29.1 Å². The predicted octanol–water partition coefficient (Wildman–Crippen LogP) is 1.17. The molecule has 24 heavy (non-hydrogen) atoms. The summed E-state index contributed by atoms with van der Waals surface area (Å²) in [6.45, 7) is 0. The Morgan fingerprint density at radius 3 is 3.04 bits per heavy atom. The van der Waals surface area contributed by atoms with Crippen LogP contribution in [0, 0.1) is 0 Å². The van der Waals surface area contributed by atoms with E-state index in [2.05, 4.69) is 20.4 Å². The van der Waals surface area contributed by atoms with Crippen LogP contribution in [0.25, 0.3) is 5.78 Å². The van der Waals surface area contributed by atoms with Crippen LogP contribution < -0.4 is 15.6 Å². The lowest BCUT2D eigenvalue weighted by molar-refractivity contribution is 0.102. The number of carbonyl (C=O) groups is 1. The van der Waals surface area contributed by atoms with Gasteiger partial charge in [0, 0.05) is 11.1 Å². The molecule has 8 nitrogen and oxygen atoms in total. The molecule has 2 heterocycles. The molecule has 4 rings (SSSR count). The van der Waals surface area contributed by atoms with Crippen LogP contribution >= 0.6 is 0 Å². The van der Waals surface area contributed by atoms with Gasteiger partial charge in [0.25, 0.3) is 17.2 Å². The van der Waals surface area contributed by atoms with Crippen LogP contribution in [0.4, 0.5) is 5.95 Å². The Labute approximate surface area is 136 Å². The predicted molar refractivity (Wildman–Crippen MR) is 86.6 cm³/mol. The average Bonchev–Trinajstić information content (AvgIpc) is 3.22. The Kier molecular flexibility index (Phi) is 3.30. The highest BCUT2D eigenvalue weighted by Crippen LogP contribution is 2.17. The molecule has 0 fully saturated rings. The maximum absolute atomic E-state index is 12.4. The molecule has 0 saturated heterocycles. The molecule has 0 bridgehead atoms. The highest BCUT2D eigenvalue weighted by molar-refractivity contribution is 6.03. The molecule has 1 aliphatic carbocycles. The maximum atomic E-state index is 12.4. The van der Waals surface area contributed by atoms with E-state index in [1.165, 1.54) is 11.6 Å². The zero-order valence-electron chi connectivity index (χ0n) is 13.0. The van der Waals surface area contributed by atoms with Crippen LogP contribution in [0.5, 0.6) is 5.75 Å². The first kappa shape index (κ1) is 14.4. The van der Waals surface area contributed by atoms with Crippen molar-refractivity contribution < 1.29 is 9.53 Å². The number of benzene rings is 1. The van der Waals surface area contributed by atoms with Crippen molar-refractivity contribution in [2.45, 2.75) is 19.3 Å². The van der Waals surface area contributed by atoms with Crippen molar-refractivity contribution >= 4 is 17.6 Å². The van der Waals surface area contributed by atoms with Crippen molar-refractivity contribution in [1.29, 1.82) is 0 Å². The minimum absolute atomic E-state index is 0.151. The first-order valence-corrected chi connectivity index (χ1v) is 7.61. The van der Waals surface area contributed by atoms with Gasteiger partial charge in [-0.3, -0.25) is 20.0 Å². The number of hydrogen-bond donors (Lipinski definition) is 2. The van der Waals surface area contributed by atoms with Crippen LogP contribution in [0.1, 0.15) is 28.0 Å².